The molecule has 0 unspecified atom stereocenters. The van der Waals surface area contributed by atoms with Gasteiger partial charge in [-0.15, -0.1) is 0 Å². The van der Waals surface area contributed by atoms with Crippen LogP contribution in [0.1, 0.15) is 23.1 Å². The number of aromatic nitrogens is 3. The summed E-state index contributed by atoms with van der Waals surface area (Å²) < 4.78 is 15.7. The van der Waals surface area contributed by atoms with Gasteiger partial charge in [-0.05, 0) is 46.6 Å². The first-order valence-electron chi connectivity index (χ1n) is 6.68. The first-order chi connectivity index (χ1) is 10.6. The second-order valence-corrected chi connectivity index (χ2v) is 5.57. The Labute approximate surface area is 134 Å². The minimum absolute atomic E-state index is 0.321. The van der Waals surface area contributed by atoms with E-state index in [9.17, 15) is 9.18 Å². The number of amides is 1. The maximum atomic E-state index is 13.5. The van der Waals surface area contributed by atoms with Gasteiger partial charge in [0.1, 0.15) is 23.0 Å². The quantitative estimate of drug-likeness (QED) is 0.776. The molecule has 3 aromatic heterocycles. The number of nitrogens with zero attached hydrogens (tertiary/aromatic N) is 3. The van der Waals surface area contributed by atoms with Crippen molar-refractivity contribution < 1.29 is 9.18 Å². The number of imidazole rings is 1. The maximum absolute atomic E-state index is 13.5. The highest BCUT2D eigenvalue weighted by Gasteiger charge is 2.19. The highest BCUT2D eigenvalue weighted by Crippen LogP contribution is 2.17. The van der Waals surface area contributed by atoms with Gasteiger partial charge >= 0.3 is 0 Å². The zero-order chi connectivity index (χ0) is 15.7. The molecular formula is C15H12BrFN4O. The average molecular weight is 363 g/mol. The number of nitrogens with one attached hydrogen (secondary N) is 1. The van der Waals surface area contributed by atoms with E-state index in [1.54, 1.807) is 24.4 Å². The van der Waals surface area contributed by atoms with Gasteiger partial charge < -0.3 is 5.32 Å². The number of fused-ring (bicyclic) bond motifs is 1. The Kier molecular flexibility index (Phi) is 3.89. The Balaban J connectivity index is 2.02. The van der Waals surface area contributed by atoms with Gasteiger partial charge in [0.05, 0.1) is 5.69 Å². The number of hydrogen-bond donors (Lipinski definition) is 1. The summed E-state index contributed by atoms with van der Waals surface area (Å²) in [6, 6.07) is 6.32. The molecule has 0 bridgehead atoms. The van der Waals surface area contributed by atoms with Crippen molar-refractivity contribution in [1.29, 1.82) is 0 Å². The maximum Gasteiger partial charge on any atom is 0.275 e. The molecule has 0 radical (unpaired) electrons. The molecule has 7 heteroatoms. The van der Waals surface area contributed by atoms with Crippen LogP contribution in [-0.4, -0.2) is 20.3 Å². The topological polar surface area (TPSA) is 59.3 Å². The van der Waals surface area contributed by atoms with Gasteiger partial charge in [-0.2, -0.15) is 0 Å². The second kappa shape index (κ2) is 5.84. The molecule has 112 valence electrons. The molecule has 3 rings (SSSR count). The number of carbonyl (C=O) groups is 1. The van der Waals surface area contributed by atoms with Gasteiger partial charge in [-0.3, -0.25) is 9.20 Å². The van der Waals surface area contributed by atoms with Crippen molar-refractivity contribution in [2.75, 3.05) is 5.32 Å². The number of carbonyl (C=O) groups excluding carboxylic acids is 1. The number of aryl methyl sites for hydroxylation is 1. The van der Waals surface area contributed by atoms with E-state index < -0.39 is 5.82 Å². The molecule has 1 N–H and O–H groups in total. The van der Waals surface area contributed by atoms with Gasteiger partial charge in [-0.25, -0.2) is 14.4 Å². The van der Waals surface area contributed by atoms with E-state index >= 15 is 0 Å². The van der Waals surface area contributed by atoms with Crippen LogP contribution in [0.3, 0.4) is 0 Å². The fourth-order valence-corrected chi connectivity index (χ4v) is 2.41. The summed E-state index contributed by atoms with van der Waals surface area (Å²) in [6.45, 7) is 1.90. The third kappa shape index (κ3) is 2.71. The van der Waals surface area contributed by atoms with Crippen LogP contribution in [-0.2, 0) is 6.42 Å². The Bertz CT molecular complexity index is 845. The molecular weight excluding hydrogens is 351 g/mol. The Morgan fingerprint density at radius 2 is 2.18 bits per heavy atom. The molecule has 1 amide bonds. The van der Waals surface area contributed by atoms with E-state index in [1.807, 2.05) is 6.92 Å². The number of hydrogen-bond acceptors (Lipinski definition) is 3. The SMILES string of the molecule is CCc1nc2ccc(F)cn2c1C(=O)Nc1ccc(Br)cn1. The lowest BCUT2D eigenvalue weighted by Crippen LogP contribution is -2.17. The highest BCUT2D eigenvalue weighted by molar-refractivity contribution is 9.10. The summed E-state index contributed by atoms with van der Waals surface area (Å²) in [6.07, 6.45) is 3.41. The molecule has 0 aliphatic heterocycles. The van der Waals surface area contributed by atoms with Crippen LogP contribution in [0, 0.1) is 5.82 Å². The van der Waals surface area contributed by atoms with Crippen LogP contribution >= 0.6 is 15.9 Å². The molecule has 3 aromatic rings. The molecule has 0 saturated heterocycles. The Morgan fingerprint density at radius 1 is 1.36 bits per heavy atom. The minimum Gasteiger partial charge on any atom is -0.305 e. The zero-order valence-corrected chi connectivity index (χ0v) is 13.3. The van der Waals surface area contributed by atoms with E-state index in [2.05, 4.69) is 31.2 Å². The predicted octanol–water partition coefficient (Wildman–Crippen LogP) is 3.45. The molecule has 22 heavy (non-hydrogen) atoms. The van der Waals surface area contributed by atoms with Crippen molar-refractivity contribution in [3.63, 3.8) is 0 Å². The van der Waals surface area contributed by atoms with Crippen LogP contribution in [0.15, 0.2) is 41.1 Å². The van der Waals surface area contributed by atoms with E-state index in [0.29, 0.717) is 29.3 Å². The van der Waals surface area contributed by atoms with E-state index in [0.717, 1.165) is 4.47 Å². The lowest BCUT2D eigenvalue weighted by Gasteiger charge is -2.06. The molecule has 0 saturated carbocycles. The Morgan fingerprint density at radius 3 is 2.86 bits per heavy atom. The third-order valence-electron chi connectivity index (χ3n) is 3.17. The van der Waals surface area contributed by atoms with Gasteiger partial charge in [0, 0.05) is 16.9 Å². The van der Waals surface area contributed by atoms with Crippen molar-refractivity contribution in [3.8, 4) is 0 Å². The first-order valence-corrected chi connectivity index (χ1v) is 7.47. The van der Waals surface area contributed by atoms with Crippen LogP contribution in [0.4, 0.5) is 10.2 Å². The van der Waals surface area contributed by atoms with E-state index in [4.69, 9.17) is 0 Å². The zero-order valence-electron chi connectivity index (χ0n) is 11.7. The highest BCUT2D eigenvalue weighted by atomic mass is 79.9. The standard InChI is InChI=1S/C15H12BrFN4O/c1-2-11-14(21-8-10(17)4-6-13(21)19-11)15(22)20-12-5-3-9(16)7-18-12/h3-8H,2H2,1H3,(H,18,20,22). The molecule has 0 fully saturated rings. The fraction of sp³-hybridized carbons (Fsp3) is 0.133. The first kappa shape index (κ1) is 14.6. The van der Waals surface area contributed by atoms with E-state index in [-0.39, 0.29) is 5.91 Å². The van der Waals surface area contributed by atoms with Gasteiger partial charge in [-0.1, -0.05) is 6.92 Å². The monoisotopic (exact) mass is 362 g/mol. The molecule has 0 aliphatic carbocycles. The van der Waals surface area contributed by atoms with Crippen molar-refractivity contribution >= 4 is 33.3 Å². The Hall–Kier alpha value is -2.28. The van der Waals surface area contributed by atoms with Gasteiger partial charge in [0.25, 0.3) is 5.91 Å². The third-order valence-corrected chi connectivity index (χ3v) is 3.64. The van der Waals surface area contributed by atoms with Crippen molar-refractivity contribution in [2.45, 2.75) is 13.3 Å². The molecule has 0 aromatic carbocycles. The van der Waals surface area contributed by atoms with Gasteiger partial charge in [0.15, 0.2) is 0 Å². The summed E-state index contributed by atoms with van der Waals surface area (Å²) in [7, 11) is 0. The molecule has 0 aliphatic rings. The van der Waals surface area contributed by atoms with E-state index in [1.165, 1.54) is 16.7 Å². The fourth-order valence-electron chi connectivity index (χ4n) is 2.18. The molecule has 3 heterocycles. The van der Waals surface area contributed by atoms with Crippen LogP contribution in [0.5, 0.6) is 0 Å². The number of rotatable bonds is 3. The number of anilines is 1. The molecule has 5 nitrogen and oxygen atoms in total. The lowest BCUT2D eigenvalue weighted by molar-refractivity contribution is 0.102. The average Bonchev–Trinajstić information content (AvgIpc) is 2.87. The van der Waals surface area contributed by atoms with Crippen LogP contribution in [0.2, 0.25) is 0 Å². The smallest absolute Gasteiger partial charge is 0.275 e. The minimum atomic E-state index is -0.427. The summed E-state index contributed by atoms with van der Waals surface area (Å²) in [5.74, 6) is -0.380. The lowest BCUT2D eigenvalue weighted by atomic mass is 10.2. The van der Waals surface area contributed by atoms with Crippen molar-refractivity contribution in [1.82, 2.24) is 14.4 Å². The molecule has 0 atom stereocenters. The van der Waals surface area contributed by atoms with Crippen molar-refractivity contribution in [3.05, 3.63) is 58.3 Å². The predicted molar refractivity (Wildman–Crippen MR) is 84.4 cm³/mol. The van der Waals surface area contributed by atoms with Crippen LogP contribution < -0.4 is 5.32 Å². The second-order valence-electron chi connectivity index (χ2n) is 4.65. The van der Waals surface area contributed by atoms with Crippen molar-refractivity contribution in [2.24, 2.45) is 0 Å². The molecule has 0 spiro atoms. The summed E-state index contributed by atoms with van der Waals surface area (Å²) in [5, 5.41) is 2.70. The largest absolute Gasteiger partial charge is 0.305 e. The number of pyridine rings is 2. The summed E-state index contributed by atoms with van der Waals surface area (Å²) in [5.41, 5.74) is 1.47. The summed E-state index contributed by atoms with van der Waals surface area (Å²) >= 11 is 3.28. The summed E-state index contributed by atoms with van der Waals surface area (Å²) in [4.78, 5) is 21.0. The van der Waals surface area contributed by atoms with Crippen LogP contribution in [0.25, 0.3) is 5.65 Å². The normalized spacial score (nSPS) is 10.9. The number of halogens is 2. The van der Waals surface area contributed by atoms with Gasteiger partial charge in [0.2, 0.25) is 0 Å².